The molecular weight excluding hydrogens is 308 g/mol. The van der Waals surface area contributed by atoms with E-state index in [0.717, 1.165) is 24.0 Å². The summed E-state index contributed by atoms with van der Waals surface area (Å²) in [6.07, 6.45) is 2.99. The Bertz CT molecular complexity index is 381. The molecular formula is C13H25BrN4O. The van der Waals surface area contributed by atoms with Crippen molar-refractivity contribution in [2.45, 2.75) is 32.0 Å². The molecule has 0 bridgehead atoms. The summed E-state index contributed by atoms with van der Waals surface area (Å²) in [6, 6.07) is 0.231. The van der Waals surface area contributed by atoms with Crippen LogP contribution in [0.2, 0.25) is 0 Å². The molecule has 6 heteroatoms. The summed E-state index contributed by atoms with van der Waals surface area (Å²) in [5.74, 6) is 0. The van der Waals surface area contributed by atoms with Crippen LogP contribution < -0.4 is 5.32 Å². The molecule has 1 aromatic heterocycles. The molecule has 19 heavy (non-hydrogen) atoms. The van der Waals surface area contributed by atoms with Crippen LogP contribution in [0.1, 0.15) is 25.1 Å². The number of rotatable bonds is 8. The number of hydrogen-bond acceptors (Lipinski definition) is 4. The fourth-order valence-corrected chi connectivity index (χ4v) is 2.56. The van der Waals surface area contributed by atoms with Gasteiger partial charge in [0.2, 0.25) is 0 Å². The van der Waals surface area contributed by atoms with Gasteiger partial charge in [-0.25, -0.2) is 0 Å². The number of aromatic nitrogens is 2. The molecule has 1 heterocycles. The van der Waals surface area contributed by atoms with Crippen molar-refractivity contribution in [1.82, 2.24) is 20.0 Å². The molecule has 0 saturated carbocycles. The minimum absolute atomic E-state index is 0.210. The molecule has 0 aliphatic heterocycles. The van der Waals surface area contributed by atoms with Crippen LogP contribution in [0.5, 0.6) is 0 Å². The predicted molar refractivity (Wildman–Crippen MR) is 81.4 cm³/mol. The number of ether oxygens (including phenoxy) is 1. The van der Waals surface area contributed by atoms with E-state index >= 15 is 0 Å². The predicted octanol–water partition coefficient (Wildman–Crippen LogP) is 1.89. The number of nitrogens with zero attached hydrogens (tertiary/aromatic N) is 3. The third-order valence-electron chi connectivity index (χ3n) is 3.24. The molecule has 110 valence electrons. The van der Waals surface area contributed by atoms with Gasteiger partial charge in [-0.1, -0.05) is 0 Å². The van der Waals surface area contributed by atoms with Gasteiger partial charge in [-0.3, -0.25) is 4.68 Å². The Balaban J connectivity index is 2.86. The quantitative estimate of drug-likeness (QED) is 0.789. The monoisotopic (exact) mass is 332 g/mol. The third-order valence-corrected chi connectivity index (χ3v) is 3.85. The first kappa shape index (κ1) is 16.6. The van der Waals surface area contributed by atoms with Crippen molar-refractivity contribution in [3.63, 3.8) is 0 Å². The largest absolute Gasteiger partial charge is 0.382 e. The van der Waals surface area contributed by atoms with E-state index < -0.39 is 0 Å². The molecule has 1 rings (SSSR count). The van der Waals surface area contributed by atoms with Gasteiger partial charge in [0.05, 0.1) is 35.1 Å². The molecule has 0 aliphatic rings. The molecule has 0 radical (unpaired) electrons. The second-order valence-corrected chi connectivity index (χ2v) is 5.88. The zero-order chi connectivity index (χ0) is 14.4. The second kappa shape index (κ2) is 7.99. The highest BCUT2D eigenvalue weighted by molar-refractivity contribution is 9.10. The Morgan fingerprint density at radius 2 is 2.21 bits per heavy atom. The molecule has 1 aromatic rings. The number of likely N-dealkylation sites (N-methyl/N-ethyl adjacent to an activating group) is 1. The van der Waals surface area contributed by atoms with E-state index in [1.165, 1.54) is 5.69 Å². The lowest BCUT2D eigenvalue weighted by molar-refractivity contribution is 0.100. The lowest BCUT2D eigenvalue weighted by atomic mass is 10.1. The van der Waals surface area contributed by atoms with Gasteiger partial charge in [-0.15, -0.1) is 0 Å². The maximum absolute atomic E-state index is 5.37. The number of halogens is 1. The fraction of sp³-hybridized carbons (Fsp3) is 0.769. The van der Waals surface area contributed by atoms with Crippen LogP contribution in [0.4, 0.5) is 0 Å². The lowest BCUT2D eigenvalue weighted by Crippen LogP contribution is -2.27. The van der Waals surface area contributed by atoms with Crippen LogP contribution in [0.15, 0.2) is 10.7 Å². The second-order valence-electron chi connectivity index (χ2n) is 5.03. The first-order valence-corrected chi connectivity index (χ1v) is 7.34. The van der Waals surface area contributed by atoms with Crippen molar-refractivity contribution in [2.24, 2.45) is 0 Å². The fourth-order valence-electron chi connectivity index (χ4n) is 1.99. The maximum atomic E-state index is 5.37. The number of nitrogens with one attached hydrogen (secondary N) is 1. The van der Waals surface area contributed by atoms with E-state index in [4.69, 9.17) is 4.74 Å². The first-order chi connectivity index (χ1) is 8.99. The molecule has 1 N–H and O–H groups in total. The van der Waals surface area contributed by atoms with Crippen molar-refractivity contribution >= 4 is 15.9 Å². The normalized spacial score (nSPS) is 14.9. The number of hydrogen-bond donors (Lipinski definition) is 1. The van der Waals surface area contributed by atoms with Gasteiger partial charge >= 0.3 is 0 Å². The van der Waals surface area contributed by atoms with Crippen LogP contribution in [-0.4, -0.2) is 55.6 Å². The van der Waals surface area contributed by atoms with Crippen molar-refractivity contribution in [1.29, 1.82) is 0 Å². The highest BCUT2D eigenvalue weighted by atomic mass is 79.9. The van der Waals surface area contributed by atoms with Crippen LogP contribution in [0.25, 0.3) is 0 Å². The van der Waals surface area contributed by atoms with Crippen molar-refractivity contribution < 1.29 is 4.74 Å². The van der Waals surface area contributed by atoms with Gasteiger partial charge in [0.1, 0.15) is 0 Å². The summed E-state index contributed by atoms with van der Waals surface area (Å²) in [5.41, 5.74) is 1.19. The third kappa shape index (κ3) is 4.87. The van der Waals surface area contributed by atoms with Crippen LogP contribution in [0.3, 0.4) is 0 Å². The zero-order valence-corrected chi connectivity index (χ0v) is 14.1. The van der Waals surface area contributed by atoms with Crippen molar-refractivity contribution in [2.75, 3.05) is 34.8 Å². The van der Waals surface area contributed by atoms with Gasteiger partial charge in [0, 0.05) is 13.7 Å². The molecule has 0 saturated heterocycles. The summed E-state index contributed by atoms with van der Waals surface area (Å²) >= 11 is 3.60. The van der Waals surface area contributed by atoms with Crippen LogP contribution in [0, 0.1) is 0 Å². The van der Waals surface area contributed by atoms with E-state index in [1.807, 2.05) is 13.2 Å². The Hall–Kier alpha value is -0.430. The molecule has 2 unspecified atom stereocenters. The van der Waals surface area contributed by atoms with E-state index in [0.29, 0.717) is 0 Å². The van der Waals surface area contributed by atoms with Gasteiger partial charge in [-0.05, 0) is 50.4 Å². The maximum Gasteiger partial charge on any atom is 0.0697 e. The van der Waals surface area contributed by atoms with Crippen molar-refractivity contribution in [3.05, 3.63) is 16.4 Å². The summed E-state index contributed by atoms with van der Waals surface area (Å²) < 4.78 is 8.48. The Labute approximate surface area is 124 Å². The molecule has 0 aliphatic carbocycles. The molecule has 5 nitrogen and oxygen atoms in total. The van der Waals surface area contributed by atoms with Gasteiger partial charge in [0.25, 0.3) is 0 Å². The summed E-state index contributed by atoms with van der Waals surface area (Å²) in [4.78, 5) is 2.16. The van der Waals surface area contributed by atoms with Gasteiger partial charge < -0.3 is 15.0 Å². The SMILES string of the molecule is CNC(CC(C)OC)c1c(Br)cnn1CCN(C)C. The summed E-state index contributed by atoms with van der Waals surface area (Å²) in [6.45, 7) is 3.93. The van der Waals surface area contributed by atoms with E-state index in [1.54, 1.807) is 7.11 Å². The first-order valence-electron chi connectivity index (χ1n) is 6.55. The van der Waals surface area contributed by atoms with Crippen LogP contribution in [-0.2, 0) is 11.3 Å². The Kier molecular flexibility index (Phi) is 6.99. The van der Waals surface area contributed by atoms with Crippen LogP contribution >= 0.6 is 15.9 Å². The van der Waals surface area contributed by atoms with Gasteiger partial charge in [0.15, 0.2) is 0 Å². The minimum Gasteiger partial charge on any atom is -0.382 e. The summed E-state index contributed by atoms with van der Waals surface area (Å²) in [7, 11) is 7.86. The average Bonchev–Trinajstić information content (AvgIpc) is 2.74. The van der Waals surface area contributed by atoms with Crippen molar-refractivity contribution in [3.8, 4) is 0 Å². The molecule has 0 amide bonds. The average molecular weight is 333 g/mol. The molecule has 2 atom stereocenters. The van der Waals surface area contributed by atoms with E-state index in [2.05, 4.69) is 56.9 Å². The molecule has 0 spiro atoms. The standard InChI is InChI=1S/C13H25BrN4O/c1-10(19-5)8-12(15-2)13-11(14)9-16-18(13)7-6-17(3)4/h9-10,12,15H,6-8H2,1-5H3. The van der Waals surface area contributed by atoms with E-state index in [9.17, 15) is 0 Å². The highest BCUT2D eigenvalue weighted by Crippen LogP contribution is 2.26. The lowest BCUT2D eigenvalue weighted by Gasteiger charge is -2.22. The molecule has 0 fully saturated rings. The smallest absolute Gasteiger partial charge is 0.0697 e. The zero-order valence-electron chi connectivity index (χ0n) is 12.5. The highest BCUT2D eigenvalue weighted by Gasteiger charge is 2.20. The van der Waals surface area contributed by atoms with E-state index in [-0.39, 0.29) is 12.1 Å². The Morgan fingerprint density at radius 1 is 1.53 bits per heavy atom. The number of methoxy groups -OCH3 is 1. The topological polar surface area (TPSA) is 42.3 Å². The van der Waals surface area contributed by atoms with Gasteiger partial charge in [-0.2, -0.15) is 5.10 Å². The minimum atomic E-state index is 0.210. The molecule has 0 aromatic carbocycles. The Morgan fingerprint density at radius 3 is 2.74 bits per heavy atom. The summed E-state index contributed by atoms with van der Waals surface area (Å²) in [5, 5.41) is 7.81.